The van der Waals surface area contributed by atoms with Crippen LogP contribution in [0.1, 0.15) is 11.6 Å². The lowest BCUT2D eigenvalue weighted by Crippen LogP contribution is -2.18. The van der Waals surface area contributed by atoms with Crippen molar-refractivity contribution in [2.75, 3.05) is 20.8 Å². The molecule has 11 heteroatoms. The number of nitro groups is 1. The van der Waals surface area contributed by atoms with Gasteiger partial charge in [-0.1, -0.05) is 11.6 Å². The van der Waals surface area contributed by atoms with Crippen LogP contribution in [0.2, 0.25) is 5.15 Å². The van der Waals surface area contributed by atoms with E-state index in [1.807, 2.05) is 0 Å². The van der Waals surface area contributed by atoms with E-state index < -0.39 is 22.6 Å². The minimum absolute atomic E-state index is 0.0383. The van der Waals surface area contributed by atoms with Crippen LogP contribution < -0.4 is 4.74 Å². The van der Waals surface area contributed by atoms with Gasteiger partial charge in [-0.05, 0) is 6.07 Å². The Hall–Kier alpha value is -2.33. The van der Waals surface area contributed by atoms with E-state index in [4.69, 9.17) is 21.1 Å². The Morgan fingerprint density at radius 1 is 1.50 bits per heavy atom. The summed E-state index contributed by atoms with van der Waals surface area (Å²) in [6.45, 7) is 0.0383. The Morgan fingerprint density at radius 2 is 2.23 bits per heavy atom. The molecule has 2 aromatic rings. The van der Waals surface area contributed by atoms with Crippen LogP contribution in [0.25, 0.3) is 0 Å². The zero-order valence-electron chi connectivity index (χ0n) is 11.6. The number of nitrogens with zero attached hydrogens (tertiary/aromatic N) is 5. The Labute approximate surface area is 128 Å². The van der Waals surface area contributed by atoms with Crippen LogP contribution in [0.3, 0.4) is 0 Å². The molecule has 0 aliphatic rings. The summed E-state index contributed by atoms with van der Waals surface area (Å²) in [5.41, 5.74) is -0.338. The average molecular weight is 332 g/mol. The molecular formula is C11H11ClFN5O4. The van der Waals surface area contributed by atoms with Gasteiger partial charge in [0, 0.05) is 12.7 Å². The van der Waals surface area contributed by atoms with Crippen molar-refractivity contribution in [3.63, 3.8) is 0 Å². The van der Waals surface area contributed by atoms with Gasteiger partial charge in [-0.2, -0.15) is 4.39 Å². The molecule has 2 heterocycles. The molecule has 2 rings (SSSR count). The highest BCUT2D eigenvalue weighted by atomic mass is 35.5. The topological polar surface area (TPSA) is 105 Å². The van der Waals surface area contributed by atoms with E-state index in [0.29, 0.717) is 5.56 Å². The Bertz CT molecular complexity index is 695. The highest BCUT2D eigenvalue weighted by molar-refractivity contribution is 6.29. The number of ether oxygens (including phenoxy) is 2. The molecule has 0 saturated carbocycles. The normalized spacial score (nSPS) is 12.2. The molecule has 0 aliphatic carbocycles. The lowest BCUT2D eigenvalue weighted by molar-refractivity contribution is -0.387. The maximum Gasteiger partial charge on any atom is 0.343 e. The molecule has 0 saturated heterocycles. The van der Waals surface area contributed by atoms with Gasteiger partial charge in [-0.25, -0.2) is 0 Å². The van der Waals surface area contributed by atoms with Gasteiger partial charge in [-0.3, -0.25) is 14.8 Å². The van der Waals surface area contributed by atoms with Crippen molar-refractivity contribution >= 4 is 17.3 Å². The van der Waals surface area contributed by atoms with E-state index in [1.165, 1.54) is 20.3 Å². The lowest BCUT2D eigenvalue weighted by Gasteiger charge is -2.18. The van der Waals surface area contributed by atoms with Crippen molar-refractivity contribution < 1.29 is 18.8 Å². The summed E-state index contributed by atoms with van der Waals surface area (Å²) in [7, 11) is 2.79. The van der Waals surface area contributed by atoms with Gasteiger partial charge in [0.05, 0.1) is 18.6 Å². The first kappa shape index (κ1) is 16.0. The van der Waals surface area contributed by atoms with Crippen molar-refractivity contribution in [3.05, 3.63) is 39.0 Å². The summed E-state index contributed by atoms with van der Waals surface area (Å²) in [5.74, 6) is -1.07. The van der Waals surface area contributed by atoms with Crippen LogP contribution in [0.5, 0.6) is 5.88 Å². The Morgan fingerprint density at radius 3 is 2.77 bits per heavy atom. The van der Waals surface area contributed by atoms with E-state index in [9.17, 15) is 14.5 Å². The number of hydrogen-bond acceptors (Lipinski definition) is 7. The highest BCUT2D eigenvalue weighted by Crippen LogP contribution is 2.29. The van der Waals surface area contributed by atoms with E-state index in [2.05, 4.69) is 15.3 Å². The van der Waals surface area contributed by atoms with Gasteiger partial charge in [-0.15, -0.1) is 15.3 Å². The third-order valence-corrected chi connectivity index (χ3v) is 3.00. The summed E-state index contributed by atoms with van der Waals surface area (Å²) in [5, 5.41) is 21.7. The monoisotopic (exact) mass is 331 g/mol. The van der Waals surface area contributed by atoms with Gasteiger partial charge < -0.3 is 9.47 Å². The molecule has 0 aliphatic heterocycles. The molecule has 1 unspecified atom stereocenters. The average Bonchev–Trinajstić information content (AvgIpc) is 2.86. The van der Waals surface area contributed by atoms with Crippen LogP contribution in [-0.4, -0.2) is 45.7 Å². The molecule has 0 fully saturated rings. The highest BCUT2D eigenvalue weighted by Gasteiger charge is 2.27. The van der Waals surface area contributed by atoms with Gasteiger partial charge in [0.25, 0.3) is 0 Å². The predicted molar refractivity (Wildman–Crippen MR) is 72.4 cm³/mol. The molecule has 2 aromatic heterocycles. The summed E-state index contributed by atoms with van der Waals surface area (Å²) in [6, 6.07) is 0.721. The van der Waals surface area contributed by atoms with Gasteiger partial charge in [0.1, 0.15) is 12.2 Å². The fourth-order valence-corrected chi connectivity index (χ4v) is 2.03. The standard InChI is InChI=1S/C11H11ClFN5O4/c1-21-5-8(6-3-9(12)14-15-11(6)22-2)17-4-7(18(19)20)10(13)16-17/h3-4,8H,5H2,1-2H3. The zero-order valence-corrected chi connectivity index (χ0v) is 12.3. The second-order valence-corrected chi connectivity index (χ2v) is 4.53. The molecule has 9 nitrogen and oxygen atoms in total. The van der Waals surface area contributed by atoms with Crippen LogP contribution in [0.4, 0.5) is 10.1 Å². The minimum Gasteiger partial charge on any atom is -0.480 e. The summed E-state index contributed by atoms with van der Waals surface area (Å²) in [4.78, 5) is 9.88. The second-order valence-electron chi connectivity index (χ2n) is 4.15. The molecule has 118 valence electrons. The molecular weight excluding hydrogens is 321 g/mol. The van der Waals surface area contributed by atoms with E-state index in [-0.39, 0.29) is 17.6 Å². The van der Waals surface area contributed by atoms with Crippen LogP contribution in [0, 0.1) is 16.1 Å². The lowest BCUT2D eigenvalue weighted by atomic mass is 10.1. The third kappa shape index (κ3) is 3.12. The number of hydrogen-bond donors (Lipinski definition) is 0. The van der Waals surface area contributed by atoms with Crippen molar-refractivity contribution in [2.24, 2.45) is 0 Å². The molecule has 0 radical (unpaired) electrons. The first-order valence-electron chi connectivity index (χ1n) is 5.93. The predicted octanol–water partition coefficient (Wildman–Crippen LogP) is 1.62. The SMILES string of the molecule is COCC(c1cc(Cl)nnc1OC)n1cc([N+](=O)[O-])c(F)n1. The molecule has 0 spiro atoms. The second kappa shape index (κ2) is 6.62. The molecule has 0 bridgehead atoms. The van der Waals surface area contributed by atoms with Gasteiger partial charge in [0.15, 0.2) is 5.15 Å². The molecule has 22 heavy (non-hydrogen) atoms. The van der Waals surface area contributed by atoms with E-state index >= 15 is 0 Å². The molecule has 0 N–H and O–H groups in total. The smallest absolute Gasteiger partial charge is 0.343 e. The maximum atomic E-state index is 13.5. The molecule has 0 amide bonds. The van der Waals surface area contributed by atoms with Gasteiger partial charge >= 0.3 is 11.6 Å². The van der Waals surface area contributed by atoms with Crippen LogP contribution in [0.15, 0.2) is 12.3 Å². The number of rotatable bonds is 6. The summed E-state index contributed by atoms with van der Waals surface area (Å²) >= 11 is 5.81. The van der Waals surface area contributed by atoms with Crippen molar-refractivity contribution in [2.45, 2.75) is 6.04 Å². The van der Waals surface area contributed by atoms with E-state index in [1.54, 1.807) is 0 Å². The molecule has 0 aromatic carbocycles. The maximum absolute atomic E-state index is 13.5. The van der Waals surface area contributed by atoms with Gasteiger partial charge in [0.2, 0.25) is 5.88 Å². The molecule has 1 atom stereocenters. The van der Waals surface area contributed by atoms with Crippen molar-refractivity contribution in [1.82, 2.24) is 20.0 Å². The minimum atomic E-state index is -1.20. The number of methoxy groups -OCH3 is 2. The first-order chi connectivity index (χ1) is 10.5. The third-order valence-electron chi connectivity index (χ3n) is 2.82. The largest absolute Gasteiger partial charge is 0.480 e. The Kier molecular flexibility index (Phi) is 4.83. The van der Waals surface area contributed by atoms with E-state index in [0.717, 1.165) is 10.9 Å². The number of aromatic nitrogens is 4. The first-order valence-corrected chi connectivity index (χ1v) is 6.30. The number of halogens is 2. The fourth-order valence-electron chi connectivity index (χ4n) is 1.88. The van der Waals surface area contributed by atoms with Crippen LogP contribution >= 0.6 is 11.6 Å². The summed E-state index contributed by atoms with van der Waals surface area (Å²) in [6.07, 6.45) is 0.965. The fraction of sp³-hybridized carbons (Fsp3) is 0.364. The zero-order chi connectivity index (χ0) is 16.3. The Balaban J connectivity index is 2.53. The van der Waals surface area contributed by atoms with Crippen molar-refractivity contribution in [1.29, 1.82) is 0 Å². The van der Waals surface area contributed by atoms with Crippen LogP contribution in [-0.2, 0) is 4.74 Å². The summed E-state index contributed by atoms with van der Waals surface area (Å²) < 4.78 is 24.7. The van der Waals surface area contributed by atoms with Crippen molar-refractivity contribution in [3.8, 4) is 5.88 Å². The quantitative estimate of drug-likeness (QED) is 0.585.